The van der Waals surface area contributed by atoms with Crippen molar-refractivity contribution in [2.75, 3.05) is 6.54 Å². The fourth-order valence-corrected chi connectivity index (χ4v) is 1.13. The van der Waals surface area contributed by atoms with Crippen LogP contribution in [-0.4, -0.2) is 35.9 Å². The smallest absolute Gasteiger partial charge is 0.731 e. The van der Waals surface area contributed by atoms with Crippen LogP contribution in [0.5, 0.6) is 0 Å². The first-order valence-electron chi connectivity index (χ1n) is 2.85. The van der Waals surface area contributed by atoms with Crippen LogP contribution in [0.25, 0.3) is 0 Å². The second-order valence-electron chi connectivity index (χ2n) is 2.10. The van der Waals surface area contributed by atoms with Gasteiger partial charge in [-0.15, -0.1) is 0 Å². The van der Waals surface area contributed by atoms with Gasteiger partial charge in [-0.3, -0.25) is 4.79 Å². The summed E-state index contributed by atoms with van der Waals surface area (Å²) in [7, 11) is -5.38. The summed E-state index contributed by atoms with van der Waals surface area (Å²) in [6.45, 7) is -1.53. The fourth-order valence-electron chi connectivity index (χ4n) is 0.511. The largest absolute Gasteiger partial charge is 1.00 e. The summed E-state index contributed by atoms with van der Waals surface area (Å²) in [5, 5.41) is 0. The number of carbonyl (C=O) groups is 1. The van der Waals surface area contributed by atoms with E-state index in [0.717, 1.165) is 0 Å². The fraction of sp³-hybridized carbons (Fsp3) is 0.750. The van der Waals surface area contributed by atoms with E-state index in [2.05, 4.69) is 0 Å². The van der Waals surface area contributed by atoms with Gasteiger partial charge in [-0.25, -0.2) is 12.7 Å². The third-order valence-corrected chi connectivity index (χ3v) is 1.87. The Labute approximate surface area is 100 Å². The topological polar surface area (TPSA) is 77.5 Å². The normalized spacial score (nSPS) is 11.8. The van der Waals surface area contributed by atoms with Crippen LogP contribution in [0.3, 0.4) is 0 Å². The molecule has 0 heterocycles. The number of amides is 1. The van der Waals surface area contributed by atoms with Crippen molar-refractivity contribution in [1.82, 2.24) is 4.31 Å². The van der Waals surface area contributed by atoms with Gasteiger partial charge in [0.05, 0.1) is 0 Å². The summed E-state index contributed by atoms with van der Waals surface area (Å²) in [6.07, 6.45) is -4.91. The maximum Gasteiger partial charge on any atom is 1.00 e. The molecule has 14 heavy (non-hydrogen) atoms. The summed E-state index contributed by atoms with van der Waals surface area (Å²) in [5.74, 6) is -1.47. The molecule has 5 nitrogen and oxygen atoms in total. The van der Waals surface area contributed by atoms with Gasteiger partial charge in [-0.05, 0) is 0 Å². The maximum atomic E-state index is 11.6. The van der Waals surface area contributed by atoms with Crippen LogP contribution in [0.15, 0.2) is 0 Å². The van der Waals surface area contributed by atoms with Crippen LogP contribution in [0, 0.1) is 0 Å². The molecule has 0 saturated heterocycles. The molecule has 1 amide bonds. The number of halogens is 3. The van der Waals surface area contributed by atoms with Crippen molar-refractivity contribution in [2.24, 2.45) is 0 Å². The number of hydrogen-bond donors (Lipinski definition) is 0. The van der Waals surface area contributed by atoms with E-state index in [1.54, 1.807) is 0 Å². The van der Waals surface area contributed by atoms with Gasteiger partial charge in [0.15, 0.2) is 10.3 Å². The molecule has 0 saturated carbocycles. The summed E-state index contributed by atoms with van der Waals surface area (Å²) in [4.78, 5) is 10.3. The number of nitrogens with zero attached hydrogens (tertiary/aromatic N) is 1. The summed E-state index contributed by atoms with van der Waals surface area (Å²) >= 11 is 0. The van der Waals surface area contributed by atoms with Crippen LogP contribution < -0.4 is 29.6 Å². The van der Waals surface area contributed by atoms with E-state index in [4.69, 9.17) is 0 Å². The van der Waals surface area contributed by atoms with Crippen LogP contribution in [0.2, 0.25) is 0 Å². The van der Waals surface area contributed by atoms with Crippen LogP contribution in [0.1, 0.15) is 6.92 Å². The molecule has 10 heteroatoms. The molecule has 78 valence electrons. The first-order chi connectivity index (χ1) is 5.54. The molecule has 0 aromatic rings. The van der Waals surface area contributed by atoms with E-state index in [9.17, 15) is 30.9 Å². The maximum absolute atomic E-state index is 11.6. The molecule has 0 aromatic heterocycles. The zero-order valence-electron chi connectivity index (χ0n) is 7.33. The van der Waals surface area contributed by atoms with E-state index >= 15 is 0 Å². The molecule has 0 aliphatic carbocycles. The molecule has 0 spiro atoms. The number of alkyl halides is 3. The predicted octanol–water partition coefficient (Wildman–Crippen LogP) is -3.14. The third kappa shape index (κ3) is 6.60. The van der Waals surface area contributed by atoms with Crippen LogP contribution in [-0.2, 0) is 15.1 Å². The van der Waals surface area contributed by atoms with Gasteiger partial charge in [0.1, 0.15) is 6.54 Å². The van der Waals surface area contributed by atoms with Crippen molar-refractivity contribution < 1.29 is 60.5 Å². The molecule has 0 radical (unpaired) electrons. The second kappa shape index (κ2) is 5.31. The molecule has 0 unspecified atom stereocenters. The Kier molecular flexibility index (Phi) is 6.29. The van der Waals surface area contributed by atoms with Crippen LogP contribution >= 0.6 is 0 Å². The summed E-state index contributed by atoms with van der Waals surface area (Å²) in [6, 6.07) is 0. The Morgan fingerprint density at radius 3 is 1.86 bits per heavy atom. The molecule has 0 N–H and O–H groups in total. The Morgan fingerprint density at radius 1 is 1.43 bits per heavy atom. The molecule has 0 rings (SSSR count). The van der Waals surface area contributed by atoms with Gasteiger partial charge < -0.3 is 4.55 Å². The van der Waals surface area contributed by atoms with Crippen molar-refractivity contribution in [3.63, 3.8) is 0 Å². The molecule has 0 atom stereocenters. The third-order valence-electron chi connectivity index (χ3n) is 0.944. The van der Waals surface area contributed by atoms with E-state index < -0.39 is 33.2 Å². The summed E-state index contributed by atoms with van der Waals surface area (Å²) in [5.41, 5.74) is 0. The second-order valence-corrected chi connectivity index (χ2v) is 3.39. The van der Waals surface area contributed by atoms with Gasteiger partial charge in [0, 0.05) is 6.92 Å². The van der Waals surface area contributed by atoms with Gasteiger partial charge in [0.2, 0.25) is 5.91 Å². The monoisotopic (exact) mass is 243 g/mol. The zero-order chi connectivity index (χ0) is 10.9. The Bertz CT molecular complexity index is 300. The number of hydrogen-bond acceptors (Lipinski definition) is 4. The predicted molar refractivity (Wildman–Crippen MR) is 33.1 cm³/mol. The Hall–Kier alpha value is 0.170. The minimum atomic E-state index is -5.38. The van der Waals surface area contributed by atoms with Gasteiger partial charge >= 0.3 is 35.7 Å². The van der Waals surface area contributed by atoms with Crippen molar-refractivity contribution in [3.8, 4) is 0 Å². The van der Waals surface area contributed by atoms with E-state index in [1.807, 2.05) is 0 Å². The number of rotatable bonds is 2. The van der Waals surface area contributed by atoms with E-state index in [-0.39, 0.29) is 29.6 Å². The number of carbonyl (C=O) groups excluding carboxylic acids is 1. The molecular weight excluding hydrogens is 238 g/mol. The molecule has 0 aromatic carbocycles. The molecule has 0 aliphatic rings. The standard InChI is InChI=1S/C4H6F3NO4S.Na/c1-3(9)8(13(10,11)12)2-4(5,6)7;/h2H2,1H3,(H,10,11,12);/q;+1/p-1. The van der Waals surface area contributed by atoms with E-state index in [0.29, 0.717) is 6.92 Å². The Morgan fingerprint density at radius 2 is 1.79 bits per heavy atom. The van der Waals surface area contributed by atoms with Crippen LogP contribution in [0.4, 0.5) is 13.2 Å². The molecule has 0 bridgehead atoms. The molecule has 0 aliphatic heterocycles. The van der Waals surface area contributed by atoms with Gasteiger partial charge in [-0.1, -0.05) is 0 Å². The van der Waals surface area contributed by atoms with E-state index in [1.165, 1.54) is 0 Å². The average Bonchev–Trinajstić information content (AvgIpc) is 1.77. The minimum Gasteiger partial charge on any atom is -0.731 e. The van der Waals surface area contributed by atoms with Crippen molar-refractivity contribution in [1.29, 1.82) is 0 Å². The average molecular weight is 243 g/mol. The van der Waals surface area contributed by atoms with Crippen molar-refractivity contribution >= 4 is 16.2 Å². The molecule has 0 fully saturated rings. The molecular formula is C4H5F3NNaO4S. The van der Waals surface area contributed by atoms with Gasteiger partial charge in [0.25, 0.3) is 0 Å². The quantitative estimate of drug-likeness (QED) is 0.379. The van der Waals surface area contributed by atoms with Crippen molar-refractivity contribution in [2.45, 2.75) is 13.1 Å². The first-order valence-corrected chi connectivity index (χ1v) is 4.21. The zero-order valence-corrected chi connectivity index (χ0v) is 10.1. The Balaban J connectivity index is 0. The SMILES string of the molecule is CC(=O)N(CC(F)(F)F)S(=O)(=O)[O-].[Na+]. The minimum absolute atomic E-state index is 0. The van der Waals surface area contributed by atoms with Crippen molar-refractivity contribution in [3.05, 3.63) is 0 Å². The first kappa shape index (κ1) is 16.6. The summed E-state index contributed by atoms with van der Waals surface area (Å²) < 4.78 is 64.3. The van der Waals surface area contributed by atoms with Gasteiger partial charge in [-0.2, -0.15) is 13.2 Å².